The van der Waals surface area contributed by atoms with Gasteiger partial charge in [-0.2, -0.15) is 0 Å². The minimum Gasteiger partial charge on any atom is -0.493 e. The number of nitrogens with one attached hydrogen (secondary N) is 1. The third-order valence-corrected chi connectivity index (χ3v) is 8.50. The van der Waals surface area contributed by atoms with Crippen LogP contribution in [0.1, 0.15) is 134 Å². The molecule has 0 radical (unpaired) electrons. The summed E-state index contributed by atoms with van der Waals surface area (Å²) >= 11 is 0. The Hall–Kier alpha value is -2.67. The molecule has 0 aliphatic carbocycles. The quantitative estimate of drug-likeness (QED) is 0.0646. The van der Waals surface area contributed by atoms with Crippen molar-refractivity contribution in [3.63, 3.8) is 0 Å². The van der Waals surface area contributed by atoms with E-state index in [4.69, 9.17) is 9.47 Å². The summed E-state index contributed by atoms with van der Waals surface area (Å²) in [5, 5.41) is 2.95. The van der Waals surface area contributed by atoms with E-state index >= 15 is 0 Å². The summed E-state index contributed by atoms with van der Waals surface area (Å²) < 4.78 is 23.2. The number of unbranched alkanes of at least 4 members (excludes halogenated alkanes) is 14. The van der Waals surface area contributed by atoms with E-state index in [9.17, 15) is 19.1 Å². The molecule has 1 aromatic carbocycles. The van der Waals surface area contributed by atoms with Crippen LogP contribution in [0.25, 0.3) is 0 Å². The highest BCUT2D eigenvalue weighted by atomic mass is 31.2. The van der Waals surface area contributed by atoms with E-state index in [1.54, 1.807) is 6.20 Å². The molecule has 0 saturated carbocycles. The van der Waals surface area contributed by atoms with Crippen LogP contribution in [0.5, 0.6) is 11.5 Å². The molecule has 1 heterocycles. The molecule has 1 atom stereocenters. The summed E-state index contributed by atoms with van der Waals surface area (Å²) in [6.07, 6.45) is 23.4. The summed E-state index contributed by atoms with van der Waals surface area (Å²) in [5.74, 6) is 2.22. The van der Waals surface area contributed by atoms with E-state index < -0.39 is 13.6 Å². The number of carbonyl (C=O) groups is 1. The van der Waals surface area contributed by atoms with Gasteiger partial charge in [0, 0.05) is 24.5 Å². The molecule has 0 bridgehead atoms. The first-order valence-corrected chi connectivity index (χ1v) is 19.3. The number of ether oxygens (including phenoxy) is 2. The molecule has 0 spiro atoms. The first-order chi connectivity index (χ1) is 22.3. The normalized spacial score (nSPS) is 12.3. The van der Waals surface area contributed by atoms with Gasteiger partial charge >= 0.3 is 7.60 Å². The maximum atomic E-state index is 12.7. The lowest BCUT2D eigenvalue weighted by Crippen LogP contribution is -2.34. The SMILES string of the molecule is CCCCCCCCCCCCCCCC(=O)N[C@@H](/C=C/P(=O)(O)O)Cc1ccc(OCc2cc(OCCCCC)ccn2)cc1. The Bertz CT molecular complexity index is 1150. The largest absolute Gasteiger partial charge is 0.493 e. The van der Waals surface area contributed by atoms with E-state index in [-0.39, 0.29) is 5.91 Å². The van der Waals surface area contributed by atoms with Crippen molar-refractivity contribution >= 4 is 13.5 Å². The summed E-state index contributed by atoms with van der Waals surface area (Å²) in [4.78, 5) is 35.8. The van der Waals surface area contributed by atoms with Crippen molar-refractivity contribution in [3.05, 3.63) is 65.7 Å². The van der Waals surface area contributed by atoms with Crippen molar-refractivity contribution in [2.45, 2.75) is 142 Å². The van der Waals surface area contributed by atoms with Crippen LogP contribution in [0.3, 0.4) is 0 Å². The van der Waals surface area contributed by atoms with Gasteiger partial charge in [0.05, 0.1) is 18.3 Å². The first-order valence-electron chi connectivity index (χ1n) is 17.6. The van der Waals surface area contributed by atoms with Gasteiger partial charge < -0.3 is 24.6 Å². The molecule has 2 aromatic rings. The van der Waals surface area contributed by atoms with Crippen LogP contribution in [0, 0.1) is 0 Å². The number of rotatable bonds is 27. The van der Waals surface area contributed by atoms with E-state index in [0.29, 0.717) is 31.8 Å². The molecule has 9 heteroatoms. The second kappa shape index (κ2) is 24.5. The number of nitrogens with zero attached hydrogens (tertiary/aromatic N) is 1. The minimum absolute atomic E-state index is 0.104. The minimum atomic E-state index is -4.35. The predicted molar refractivity (Wildman–Crippen MR) is 187 cm³/mol. The molecule has 2 rings (SSSR count). The monoisotopic (exact) mass is 658 g/mol. The molecule has 3 N–H and O–H groups in total. The van der Waals surface area contributed by atoms with Crippen LogP contribution in [0.15, 0.2) is 54.5 Å². The van der Waals surface area contributed by atoms with Crippen LogP contribution >= 0.6 is 7.60 Å². The number of benzene rings is 1. The van der Waals surface area contributed by atoms with E-state index in [2.05, 4.69) is 24.1 Å². The van der Waals surface area contributed by atoms with E-state index in [0.717, 1.165) is 61.3 Å². The van der Waals surface area contributed by atoms with Gasteiger partial charge in [0.25, 0.3) is 0 Å². The molecule has 0 saturated heterocycles. The molecule has 1 aromatic heterocycles. The van der Waals surface area contributed by atoms with Crippen LogP contribution in [-0.2, 0) is 22.4 Å². The van der Waals surface area contributed by atoms with E-state index in [1.165, 1.54) is 70.3 Å². The Morgan fingerprint density at radius 2 is 1.39 bits per heavy atom. The van der Waals surface area contributed by atoms with Crippen LogP contribution in [0.2, 0.25) is 0 Å². The number of pyridine rings is 1. The maximum absolute atomic E-state index is 12.7. The van der Waals surface area contributed by atoms with Crippen molar-refractivity contribution in [2.24, 2.45) is 0 Å². The molecule has 0 unspecified atom stereocenters. The molecule has 0 fully saturated rings. The number of hydrogen-bond donors (Lipinski definition) is 3. The molecule has 0 aliphatic heterocycles. The zero-order valence-electron chi connectivity index (χ0n) is 28.3. The average molecular weight is 659 g/mol. The Labute approximate surface area is 277 Å². The van der Waals surface area contributed by atoms with Crippen LogP contribution < -0.4 is 14.8 Å². The van der Waals surface area contributed by atoms with Crippen LogP contribution in [0.4, 0.5) is 0 Å². The molecule has 258 valence electrons. The lowest BCUT2D eigenvalue weighted by Gasteiger charge is -2.16. The van der Waals surface area contributed by atoms with Gasteiger partial charge in [-0.05, 0) is 43.0 Å². The molecular formula is C37H59N2O6P. The standard InChI is InChI=1S/C37H59N2O6P/c1-3-5-7-8-9-10-11-12-13-14-15-16-17-19-37(40)39-33(25-28-46(41,42)43)29-32-20-22-35(23-21-32)45-31-34-30-36(24-26-38-34)44-27-18-6-4-2/h20-26,28,30,33H,3-19,27,29,31H2,1-2H3,(H,39,40)(H2,41,42,43)/b28-25+/t33-/m0/s1. The lowest BCUT2D eigenvalue weighted by molar-refractivity contribution is -0.121. The first kappa shape index (κ1) is 39.5. The lowest BCUT2D eigenvalue weighted by atomic mass is 10.0. The van der Waals surface area contributed by atoms with Gasteiger partial charge in [0.1, 0.15) is 18.1 Å². The summed E-state index contributed by atoms with van der Waals surface area (Å²) in [5.41, 5.74) is 1.68. The van der Waals surface area contributed by atoms with Crippen molar-refractivity contribution in [2.75, 3.05) is 6.61 Å². The van der Waals surface area contributed by atoms with Gasteiger partial charge in [-0.3, -0.25) is 14.3 Å². The van der Waals surface area contributed by atoms with Gasteiger partial charge in [-0.25, -0.2) is 0 Å². The Morgan fingerprint density at radius 1 is 0.804 bits per heavy atom. The zero-order valence-corrected chi connectivity index (χ0v) is 29.2. The highest BCUT2D eigenvalue weighted by Crippen LogP contribution is 2.36. The topological polar surface area (TPSA) is 118 Å². The molecule has 1 amide bonds. The Balaban J connectivity index is 1.73. The second-order valence-electron chi connectivity index (χ2n) is 12.3. The van der Waals surface area contributed by atoms with Gasteiger partial charge in [-0.15, -0.1) is 0 Å². The summed E-state index contributed by atoms with van der Waals surface area (Å²) in [7, 11) is -4.35. The smallest absolute Gasteiger partial charge is 0.348 e. The average Bonchev–Trinajstić information content (AvgIpc) is 3.03. The van der Waals surface area contributed by atoms with Crippen molar-refractivity contribution in [1.29, 1.82) is 0 Å². The number of hydrogen-bond acceptors (Lipinski definition) is 5. The third-order valence-electron chi connectivity index (χ3n) is 7.94. The molecule has 0 aliphatic rings. The fourth-order valence-corrected chi connectivity index (χ4v) is 5.70. The van der Waals surface area contributed by atoms with Gasteiger partial charge in [0.2, 0.25) is 5.91 Å². The fourth-order valence-electron chi connectivity index (χ4n) is 5.27. The highest BCUT2D eigenvalue weighted by Gasteiger charge is 2.14. The van der Waals surface area contributed by atoms with E-state index in [1.807, 2.05) is 36.4 Å². The summed E-state index contributed by atoms with van der Waals surface area (Å²) in [6.45, 7) is 5.40. The molecular weight excluding hydrogens is 599 g/mol. The maximum Gasteiger partial charge on any atom is 0.348 e. The Kier molecular flexibility index (Phi) is 21.0. The second-order valence-corrected chi connectivity index (χ2v) is 13.7. The number of carbonyl (C=O) groups excluding carboxylic acids is 1. The fraction of sp³-hybridized carbons (Fsp3) is 0.622. The van der Waals surface area contributed by atoms with Gasteiger partial charge in [0.15, 0.2) is 0 Å². The van der Waals surface area contributed by atoms with Gasteiger partial charge in [-0.1, -0.05) is 122 Å². The van der Waals surface area contributed by atoms with Crippen molar-refractivity contribution in [3.8, 4) is 11.5 Å². The molecule has 46 heavy (non-hydrogen) atoms. The number of amides is 1. The zero-order chi connectivity index (χ0) is 33.3. The third kappa shape index (κ3) is 20.5. The Morgan fingerprint density at radius 3 is 2.00 bits per heavy atom. The highest BCUT2D eigenvalue weighted by molar-refractivity contribution is 7.55. The van der Waals surface area contributed by atoms with Crippen LogP contribution in [-0.4, -0.2) is 33.3 Å². The number of aromatic nitrogens is 1. The predicted octanol–water partition coefficient (Wildman–Crippen LogP) is 9.43. The van der Waals surface area contributed by atoms with Crippen molar-refractivity contribution < 1.29 is 28.6 Å². The van der Waals surface area contributed by atoms with Crippen molar-refractivity contribution in [1.82, 2.24) is 10.3 Å². The summed E-state index contributed by atoms with van der Waals surface area (Å²) in [6, 6.07) is 10.7. The molecule has 8 nitrogen and oxygen atoms in total.